The summed E-state index contributed by atoms with van der Waals surface area (Å²) in [7, 11) is 0. The van der Waals surface area contributed by atoms with Gasteiger partial charge in [-0.2, -0.15) is 0 Å². The van der Waals surface area contributed by atoms with Gasteiger partial charge < -0.3 is 19.3 Å². The molecule has 1 atom stereocenters. The van der Waals surface area contributed by atoms with Crippen molar-refractivity contribution in [1.29, 1.82) is 0 Å². The largest absolute Gasteiger partial charge is 0.380 e. The number of aryl methyl sites for hydroxylation is 1. The van der Waals surface area contributed by atoms with Crippen LogP contribution < -0.4 is 9.80 Å². The molecular formula is C36H37BrClN3O2. The summed E-state index contributed by atoms with van der Waals surface area (Å²) in [6, 6.07) is 28.1. The van der Waals surface area contributed by atoms with Gasteiger partial charge in [-0.05, 0) is 70.4 Å². The third-order valence-electron chi connectivity index (χ3n) is 9.13. The number of benzene rings is 3. The average molecular weight is 659 g/mol. The second-order valence-corrected chi connectivity index (χ2v) is 13.1. The van der Waals surface area contributed by atoms with Crippen LogP contribution in [0.4, 0.5) is 11.4 Å². The maximum absolute atomic E-state index is 7.02. The van der Waals surface area contributed by atoms with Gasteiger partial charge in [0.1, 0.15) is 10.8 Å². The molecule has 1 aliphatic carbocycles. The predicted molar refractivity (Wildman–Crippen MR) is 177 cm³/mol. The third kappa shape index (κ3) is 5.95. The van der Waals surface area contributed by atoms with E-state index in [-0.39, 0.29) is 0 Å². The van der Waals surface area contributed by atoms with Gasteiger partial charge >= 0.3 is 0 Å². The normalized spacial score (nSPS) is 19.9. The zero-order valence-electron chi connectivity index (χ0n) is 24.4. The van der Waals surface area contributed by atoms with Gasteiger partial charge in [0.2, 0.25) is 0 Å². The monoisotopic (exact) mass is 657 g/mol. The van der Waals surface area contributed by atoms with Crippen LogP contribution in [0.1, 0.15) is 52.8 Å². The number of nitrogens with zero attached hydrogens (tertiary/aromatic N) is 3. The van der Waals surface area contributed by atoms with Gasteiger partial charge in [-0.1, -0.05) is 78.3 Å². The van der Waals surface area contributed by atoms with Crippen molar-refractivity contribution in [3.05, 3.63) is 122 Å². The number of halogens is 2. The SMILES string of the molecule is Clc1cc(N2CCCOCC2)c2c(n1)C[C@]1(CCCc3ccc(N(Cc4ccccc4)Cc4ccccc4)c(Br)c31)OC2. The van der Waals surface area contributed by atoms with Gasteiger partial charge in [-0.3, -0.25) is 0 Å². The lowest BCUT2D eigenvalue weighted by Gasteiger charge is -2.44. The summed E-state index contributed by atoms with van der Waals surface area (Å²) in [5, 5.41) is 0.553. The molecule has 0 N–H and O–H groups in total. The van der Waals surface area contributed by atoms with Crippen LogP contribution in [0.3, 0.4) is 0 Å². The summed E-state index contributed by atoms with van der Waals surface area (Å²) in [6.45, 7) is 5.48. The molecule has 222 valence electrons. The van der Waals surface area contributed by atoms with Crippen molar-refractivity contribution in [2.75, 3.05) is 36.1 Å². The highest BCUT2D eigenvalue weighted by molar-refractivity contribution is 9.10. The van der Waals surface area contributed by atoms with Crippen molar-refractivity contribution >= 4 is 38.9 Å². The highest BCUT2D eigenvalue weighted by atomic mass is 79.9. The van der Waals surface area contributed by atoms with Crippen LogP contribution >= 0.6 is 27.5 Å². The van der Waals surface area contributed by atoms with Crippen LogP contribution in [0.2, 0.25) is 5.15 Å². The summed E-state index contributed by atoms with van der Waals surface area (Å²) in [5.74, 6) is 0. The van der Waals surface area contributed by atoms with E-state index < -0.39 is 5.60 Å². The second kappa shape index (κ2) is 12.6. The van der Waals surface area contributed by atoms with Crippen molar-refractivity contribution < 1.29 is 9.47 Å². The molecule has 1 spiro atoms. The van der Waals surface area contributed by atoms with Gasteiger partial charge in [0.05, 0.1) is 24.6 Å². The molecule has 43 heavy (non-hydrogen) atoms. The van der Waals surface area contributed by atoms with Crippen LogP contribution in [0.15, 0.2) is 83.3 Å². The molecule has 0 unspecified atom stereocenters. The molecule has 0 saturated carbocycles. The fourth-order valence-electron chi connectivity index (χ4n) is 7.08. The standard InChI is InChI=1S/C36H37BrClN3O2/c37-35-31(41(23-26-9-3-1-4-10-26)24-27-11-5-2-6-12-27)15-14-28-13-7-16-36(34(28)35)22-30-29(25-43-36)32(21-33(38)39-30)40-17-8-19-42-20-18-40/h1-6,9-12,14-15,21H,7-8,13,16-20,22-25H2/t36-/m0/s1. The molecule has 4 aromatic rings. The van der Waals surface area contributed by atoms with Gasteiger partial charge in [0, 0.05) is 60.5 Å². The molecule has 2 aliphatic heterocycles. The van der Waals surface area contributed by atoms with E-state index >= 15 is 0 Å². The summed E-state index contributed by atoms with van der Waals surface area (Å²) in [4.78, 5) is 9.79. The quantitative estimate of drug-likeness (QED) is 0.195. The molecule has 7 heteroatoms. The molecular weight excluding hydrogens is 622 g/mol. The summed E-state index contributed by atoms with van der Waals surface area (Å²) in [5.41, 5.74) is 9.33. The topological polar surface area (TPSA) is 37.8 Å². The molecule has 1 aromatic heterocycles. The Balaban J connectivity index is 1.27. The van der Waals surface area contributed by atoms with Crippen molar-refractivity contribution in [3.8, 4) is 0 Å². The molecule has 5 nitrogen and oxygen atoms in total. The number of rotatable bonds is 6. The van der Waals surface area contributed by atoms with Gasteiger partial charge in [0.15, 0.2) is 0 Å². The fraction of sp³-hybridized carbons (Fsp3) is 0.361. The summed E-state index contributed by atoms with van der Waals surface area (Å²) in [6.07, 6.45) is 4.81. The summed E-state index contributed by atoms with van der Waals surface area (Å²) >= 11 is 10.9. The molecule has 3 heterocycles. The number of hydrogen-bond donors (Lipinski definition) is 0. The number of hydrogen-bond acceptors (Lipinski definition) is 5. The van der Waals surface area contributed by atoms with Crippen molar-refractivity contribution in [2.24, 2.45) is 0 Å². The second-order valence-electron chi connectivity index (χ2n) is 11.9. The maximum atomic E-state index is 7.02. The van der Waals surface area contributed by atoms with E-state index in [0.717, 1.165) is 80.9 Å². The van der Waals surface area contributed by atoms with E-state index in [1.807, 2.05) is 6.07 Å². The molecule has 3 aromatic carbocycles. The van der Waals surface area contributed by atoms with Gasteiger partial charge in [0.25, 0.3) is 0 Å². The molecule has 0 bridgehead atoms. The first-order valence-electron chi connectivity index (χ1n) is 15.4. The predicted octanol–water partition coefficient (Wildman–Crippen LogP) is 8.24. The Labute approximate surface area is 267 Å². The zero-order valence-corrected chi connectivity index (χ0v) is 26.7. The number of fused-ring (bicyclic) bond motifs is 3. The molecule has 0 radical (unpaired) electrons. The van der Waals surface area contributed by atoms with Crippen LogP contribution in [0.25, 0.3) is 0 Å². The lowest BCUT2D eigenvalue weighted by Crippen LogP contribution is -2.41. The highest BCUT2D eigenvalue weighted by Crippen LogP contribution is 2.51. The van der Waals surface area contributed by atoms with E-state index in [1.165, 1.54) is 33.5 Å². The fourth-order valence-corrected chi connectivity index (χ4v) is 8.28. The Kier molecular flexibility index (Phi) is 8.46. The number of anilines is 2. The number of ether oxygens (including phenoxy) is 2. The first-order valence-corrected chi connectivity index (χ1v) is 16.6. The number of aromatic nitrogens is 1. The molecule has 0 amide bonds. The Bertz CT molecular complexity index is 1540. The third-order valence-corrected chi connectivity index (χ3v) is 10.1. The van der Waals surface area contributed by atoms with E-state index in [4.69, 9.17) is 26.1 Å². The molecule has 3 aliphatic rings. The Morgan fingerprint density at radius 1 is 0.907 bits per heavy atom. The minimum Gasteiger partial charge on any atom is -0.380 e. The van der Waals surface area contributed by atoms with Crippen molar-refractivity contribution in [1.82, 2.24) is 4.98 Å². The Morgan fingerprint density at radius 2 is 1.65 bits per heavy atom. The lowest BCUT2D eigenvalue weighted by atomic mass is 9.74. The summed E-state index contributed by atoms with van der Waals surface area (Å²) < 4.78 is 13.9. The molecule has 1 fully saturated rings. The highest BCUT2D eigenvalue weighted by Gasteiger charge is 2.44. The minimum absolute atomic E-state index is 0.447. The van der Waals surface area contributed by atoms with Crippen LogP contribution in [0.5, 0.6) is 0 Å². The lowest BCUT2D eigenvalue weighted by molar-refractivity contribution is -0.0857. The first kappa shape index (κ1) is 28.8. The first-order chi connectivity index (χ1) is 21.1. The minimum atomic E-state index is -0.447. The van der Waals surface area contributed by atoms with E-state index in [0.29, 0.717) is 18.2 Å². The van der Waals surface area contributed by atoms with Crippen LogP contribution in [0, 0.1) is 0 Å². The molecule has 1 saturated heterocycles. The van der Waals surface area contributed by atoms with Crippen molar-refractivity contribution in [2.45, 2.75) is 57.4 Å². The van der Waals surface area contributed by atoms with Crippen LogP contribution in [-0.4, -0.2) is 31.3 Å². The van der Waals surface area contributed by atoms with Gasteiger partial charge in [-0.15, -0.1) is 0 Å². The van der Waals surface area contributed by atoms with Crippen LogP contribution in [-0.2, 0) is 47.6 Å². The van der Waals surface area contributed by atoms with E-state index in [2.05, 4.69) is 98.5 Å². The average Bonchev–Trinajstić information content (AvgIpc) is 3.31. The number of pyridine rings is 1. The zero-order chi connectivity index (χ0) is 29.2. The Hall–Kier alpha value is -2.90. The van der Waals surface area contributed by atoms with Crippen molar-refractivity contribution in [3.63, 3.8) is 0 Å². The van der Waals surface area contributed by atoms with E-state index in [1.54, 1.807) is 0 Å². The van der Waals surface area contributed by atoms with Gasteiger partial charge in [-0.25, -0.2) is 4.98 Å². The Morgan fingerprint density at radius 3 is 2.40 bits per heavy atom. The maximum Gasteiger partial charge on any atom is 0.131 e. The smallest absolute Gasteiger partial charge is 0.131 e. The molecule has 7 rings (SSSR count). The van der Waals surface area contributed by atoms with E-state index in [9.17, 15) is 0 Å².